The molecule has 0 aliphatic heterocycles. The van der Waals surface area contributed by atoms with Gasteiger partial charge in [0.25, 0.3) is 0 Å². The molecule has 0 spiro atoms. The van der Waals surface area contributed by atoms with Crippen molar-refractivity contribution in [1.29, 1.82) is 0 Å². The summed E-state index contributed by atoms with van der Waals surface area (Å²) >= 11 is 5.88. The molecule has 1 rings (SSSR count). The number of sulfonamides is 1. The van der Waals surface area contributed by atoms with Crippen LogP contribution in [0.25, 0.3) is 0 Å². The first-order valence-electron chi connectivity index (χ1n) is 5.32. The van der Waals surface area contributed by atoms with Crippen LogP contribution in [0.2, 0.25) is 5.02 Å². The van der Waals surface area contributed by atoms with Crippen LogP contribution in [-0.4, -0.2) is 14.3 Å². The van der Waals surface area contributed by atoms with Crippen LogP contribution in [0.4, 0.5) is 5.69 Å². The molecule has 1 aromatic rings. The zero-order valence-electron chi connectivity index (χ0n) is 10.1. The first-order valence-corrected chi connectivity index (χ1v) is 7.25. The van der Waals surface area contributed by atoms with E-state index in [1.807, 2.05) is 13.8 Å². The fourth-order valence-electron chi connectivity index (χ4n) is 1.35. The van der Waals surface area contributed by atoms with Gasteiger partial charge in [0, 0.05) is 6.42 Å². The lowest BCUT2D eigenvalue weighted by Gasteiger charge is -2.10. The normalized spacial score (nSPS) is 11.6. The molecule has 1 amide bonds. The fourth-order valence-corrected chi connectivity index (χ4v) is 2.05. The molecule has 0 saturated carbocycles. The summed E-state index contributed by atoms with van der Waals surface area (Å²) in [5.74, 6) is -0.0244. The van der Waals surface area contributed by atoms with Gasteiger partial charge in [-0.1, -0.05) is 25.4 Å². The minimum Gasteiger partial charge on any atom is -0.325 e. The van der Waals surface area contributed by atoms with Gasteiger partial charge < -0.3 is 5.32 Å². The Kier molecular flexibility index (Phi) is 4.72. The van der Waals surface area contributed by atoms with E-state index in [1.165, 1.54) is 18.2 Å². The number of anilines is 1. The van der Waals surface area contributed by atoms with Gasteiger partial charge in [0.1, 0.15) is 0 Å². The van der Waals surface area contributed by atoms with Crippen molar-refractivity contribution in [1.82, 2.24) is 0 Å². The maximum absolute atomic E-state index is 11.6. The monoisotopic (exact) mass is 290 g/mol. The number of hydrogen-bond donors (Lipinski definition) is 2. The fraction of sp³-hybridized carbons (Fsp3) is 0.364. The van der Waals surface area contributed by atoms with Gasteiger partial charge in [-0.3, -0.25) is 4.79 Å². The molecule has 0 aliphatic carbocycles. The third kappa shape index (κ3) is 4.29. The van der Waals surface area contributed by atoms with Crippen molar-refractivity contribution in [2.45, 2.75) is 25.2 Å². The topological polar surface area (TPSA) is 89.3 Å². The van der Waals surface area contributed by atoms with Gasteiger partial charge in [-0.2, -0.15) is 0 Å². The van der Waals surface area contributed by atoms with Crippen LogP contribution in [0.3, 0.4) is 0 Å². The Morgan fingerprint density at radius 3 is 2.56 bits per heavy atom. The lowest BCUT2D eigenvalue weighted by molar-refractivity contribution is -0.116. The van der Waals surface area contributed by atoms with Gasteiger partial charge in [0.2, 0.25) is 15.9 Å². The molecule has 100 valence electrons. The van der Waals surface area contributed by atoms with Crippen LogP contribution < -0.4 is 10.5 Å². The maximum Gasteiger partial charge on any atom is 0.238 e. The third-order valence-electron chi connectivity index (χ3n) is 2.13. The zero-order valence-corrected chi connectivity index (χ0v) is 11.7. The van der Waals surface area contributed by atoms with Crippen molar-refractivity contribution in [3.05, 3.63) is 23.2 Å². The number of amides is 1. The van der Waals surface area contributed by atoms with Gasteiger partial charge in [0.15, 0.2) is 0 Å². The van der Waals surface area contributed by atoms with Gasteiger partial charge in [-0.05, 0) is 24.1 Å². The Balaban J connectivity index is 2.99. The van der Waals surface area contributed by atoms with Crippen molar-refractivity contribution in [3.8, 4) is 0 Å². The lowest BCUT2D eigenvalue weighted by Crippen LogP contribution is -2.16. The summed E-state index contributed by atoms with van der Waals surface area (Å²) in [6, 6.07) is 3.91. The van der Waals surface area contributed by atoms with Crippen molar-refractivity contribution in [2.75, 3.05) is 5.32 Å². The third-order valence-corrected chi connectivity index (χ3v) is 3.37. The van der Waals surface area contributed by atoms with Crippen molar-refractivity contribution in [2.24, 2.45) is 11.1 Å². The highest BCUT2D eigenvalue weighted by Crippen LogP contribution is 2.25. The second kappa shape index (κ2) is 5.69. The van der Waals surface area contributed by atoms with Crippen LogP contribution in [0.15, 0.2) is 23.1 Å². The predicted octanol–water partition coefficient (Wildman–Crippen LogP) is 1.97. The number of benzene rings is 1. The van der Waals surface area contributed by atoms with E-state index in [4.69, 9.17) is 16.7 Å². The maximum atomic E-state index is 11.6. The first kappa shape index (κ1) is 14.9. The number of hydrogen-bond acceptors (Lipinski definition) is 3. The van der Waals surface area contributed by atoms with Crippen LogP contribution in [0.1, 0.15) is 20.3 Å². The van der Waals surface area contributed by atoms with Gasteiger partial charge >= 0.3 is 0 Å². The van der Waals surface area contributed by atoms with Crippen molar-refractivity contribution in [3.63, 3.8) is 0 Å². The molecule has 0 radical (unpaired) electrons. The summed E-state index contributed by atoms with van der Waals surface area (Å²) in [5, 5.41) is 7.83. The standard InChI is InChI=1S/C11H15ClN2O3S/c1-7(2)5-11(15)14-10-6-8(18(13,16)17)3-4-9(10)12/h3-4,6-7H,5H2,1-2H3,(H,14,15)(H2,13,16,17). The van der Waals surface area contributed by atoms with Crippen LogP contribution >= 0.6 is 11.6 Å². The van der Waals surface area contributed by atoms with E-state index in [0.29, 0.717) is 6.42 Å². The molecule has 0 aliphatic rings. The number of nitrogens with two attached hydrogens (primary N) is 1. The van der Waals surface area contributed by atoms with Crippen LogP contribution in [0.5, 0.6) is 0 Å². The zero-order chi connectivity index (χ0) is 13.9. The summed E-state index contributed by atoms with van der Waals surface area (Å²) in [6.45, 7) is 3.81. The largest absolute Gasteiger partial charge is 0.325 e. The molecule has 0 heterocycles. The molecule has 7 heteroatoms. The van der Waals surface area contributed by atoms with E-state index >= 15 is 0 Å². The van der Waals surface area contributed by atoms with Gasteiger partial charge in [-0.25, -0.2) is 13.6 Å². The molecule has 0 unspecified atom stereocenters. The molecular formula is C11H15ClN2O3S. The number of primary sulfonamides is 1. The molecule has 0 bridgehead atoms. The number of rotatable bonds is 4. The quantitative estimate of drug-likeness (QED) is 0.888. The Bertz CT molecular complexity index is 555. The number of halogens is 1. The minimum absolute atomic E-state index is 0.0910. The molecule has 0 saturated heterocycles. The second-order valence-corrected chi connectivity index (χ2v) is 6.30. The van der Waals surface area contributed by atoms with Crippen LogP contribution in [0, 0.1) is 5.92 Å². The molecular weight excluding hydrogens is 276 g/mol. The minimum atomic E-state index is -3.81. The molecule has 0 atom stereocenters. The Morgan fingerprint density at radius 2 is 2.06 bits per heavy atom. The average molecular weight is 291 g/mol. The smallest absolute Gasteiger partial charge is 0.238 e. The number of carbonyl (C=O) groups excluding carboxylic acids is 1. The summed E-state index contributed by atoms with van der Waals surface area (Å²) in [5.41, 5.74) is 0.244. The highest BCUT2D eigenvalue weighted by atomic mass is 35.5. The summed E-state index contributed by atoms with van der Waals surface area (Å²) in [7, 11) is -3.81. The second-order valence-electron chi connectivity index (χ2n) is 4.33. The molecule has 0 fully saturated rings. The van der Waals surface area contributed by atoms with E-state index in [9.17, 15) is 13.2 Å². The van der Waals surface area contributed by atoms with Gasteiger partial charge in [0.05, 0.1) is 15.6 Å². The Labute approximate surface area is 111 Å². The Hall–Kier alpha value is -1.11. The molecule has 18 heavy (non-hydrogen) atoms. The summed E-state index contributed by atoms with van der Waals surface area (Å²) < 4.78 is 22.4. The highest BCUT2D eigenvalue weighted by molar-refractivity contribution is 7.89. The van der Waals surface area contributed by atoms with E-state index in [-0.39, 0.29) is 27.4 Å². The summed E-state index contributed by atoms with van der Waals surface area (Å²) in [4.78, 5) is 11.5. The molecule has 1 aromatic carbocycles. The first-order chi connectivity index (χ1) is 8.20. The van der Waals surface area contributed by atoms with Crippen molar-refractivity contribution < 1.29 is 13.2 Å². The van der Waals surface area contributed by atoms with E-state index in [2.05, 4.69) is 5.32 Å². The van der Waals surface area contributed by atoms with Crippen LogP contribution in [-0.2, 0) is 14.8 Å². The van der Waals surface area contributed by atoms with E-state index in [0.717, 1.165) is 0 Å². The Morgan fingerprint density at radius 1 is 1.44 bits per heavy atom. The molecule has 3 N–H and O–H groups in total. The van der Waals surface area contributed by atoms with E-state index in [1.54, 1.807) is 0 Å². The molecule has 5 nitrogen and oxygen atoms in total. The average Bonchev–Trinajstić information content (AvgIpc) is 2.18. The van der Waals surface area contributed by atoms with E-state index < -0.39 is 10.0 Å². The summed E-state index contributed by atoms with van der Waals surface area (Å²) in [6.07, 6.45) is 0.329. The SMILES string of the molecule is CC(C)CC(=O)Nc1cc(S(N)(=O)=O)ccc1Cl. The predicted molar refractivity (Wildman–Crippen MR) is 70.9 cm³/mol. The number of nitrogens with one attached hydrogen (secondary N) is 1. The van der Waals surface area contributed by atoms with Crippen molar-refractivity contribution >= 4 is 33.2 Å². The highest BCUT2D eigenvalue weighted by Gasteiger charge is 2.13. The number of carbonyl (C=O) groups is 1. The molecule has 0 aromatic heterocycles. The lowest BCUT2D eigenvalue weighted by atomic mass is 10.1. The van der Waals surface area contributed by atoms with Gasteiger partial charge in [-0.15, -0.1) is 0 Å².